The molecule has 0 rings (SSSR count). The maximum absolute atomic E-state index is 13.0. The number of carbonyl (C=O) groups excluding carboxylic acids is 1. The summed E-state index contributed by atoms with van der Waals surface area (Å²) < 4.78 is 30.9. The summed E-state index contributed by atoms with van der Waals surface area (Å²) in [5, 5.41) is 0. The molecule has 5 heteroatoms. The Morgan fingerprint density at radius 1 is 0.933 bits per heavy atom. The molecule has 0 heterocycles. The van der Waals surface area contributed by atoms with Gasteiger partial charge in [0, 0.05) is 26.1 Å². The third-order valence-corrected chi connectivity index (χ3v) is 7.20. The zero-order valence-corrected chi connectivity index (χ0v) is 35.3. The molecule has 0 saturated carbocycles. The van der Waals surface area contributed by atoms with Crippen molar-refractivity contribution < 1.29 is 69.7 Å². The number of ether oxygens (including phenoxy) is 1. The average Bonchev–Trinajstić information content (AvgIpc) is 3.00. The Bertz CT molecular complexity index is 738. The number of unbranched alkanes of at least 4 members (excludes halogenated alkanes) is 1. The van der Waals surface area contributed by atoms with E-state index in [-0.39, 0.29) is 76.2 Å². The van der Waals surface area contributed by atoms with Crippen molar-refractivity contribution in [3.63, 3.8) is 0 Å². The predicted molar refractivity (Wildman–Crippen MR) is 196 cm³/mol. The van der Waals surface area contributed by atoms with E-state index in [9.17, 15) is 13.6 Å². The fourth-order valence-electron chi connectivity index (χ4n) is 2.83. The van der Waals surface area contributed by atoms with Crippen LogP contribution in [0.1, 0.15) is 134 Å². The summed E-state index contributed by atoms with van der Waals surface area (Å²) in [6.45, 7) is 36.0. The Hall–Kier alpha value is -0.434. The summed E-state index contributed by atoms with van der Waals surface area (Å²) in [4.78, 5) is 9.70. The van der Waals surface area contributed by atoms with Crippen LogP contribution in [0.25, 0.3) is 0 Å². The number of allylic oxidation sites excluding steroid dienone is 10. The molecule has 45 heavy (non-hydrogen) atoms. The fourth-order valence-corrected chi connectivity index (χ4v) is 2.83. The van der Waals surface area contributed by atoms with Crippen molar-refractivity contribution in [1.82, 2.24) is 0 Å². The van der Waals surface area contributed by atoms with E-state index in [0.717, 1.165) is 18.8 Å². The van der Waals surface area contributed by atoms with Crippen molar-refractivity contribution in [1.29, 1.82) is 0 Å². The van der Waals surface area contributed by atoms with Gasteiger partial charge in [0.2, 0.25) is 5.92 Å². The number of alkyl halides is 2. The summed E-state index contributed by atoms with van der Waals surface area (Å²) >= 11 is 0. The first kappa shape index (κ1) is 56.9. The Balaban J connectivity index is -0.000000106. The quantitative estimate of drug-likeness (QED) is 0.0992. The molecule has 0 spiro atoms. The van der Waals surface area contributed by atoms with E-state index >= 15 is 0 Å². The molecule has 0 N–H and O–H groups in total. The van der Waals surface area contributed by atoms with Gasteiger partial charge in [0.15, 0.2) is 0 Å². The fraction of sp³-hybridized carbons (Fsp3) is 0.650. The molecule has 0 bridgehead atoms. The SMILES string of the molecule is C=C/C=C\C(C)=C/C.C=C/C=C\C(C)=C/C.CCC(C)C(C)(C)C.CCCCC(F)(F)CC(C)CC.[CH2-]CC(C[C-]=O)OC.[K+]. The van der Waals surface area contributed by atoms with Crippen LogP contribution in [0, 0.1) is 24.2 Å². The van der Waals surface area contributed by atoms with Gasteiger partial charge in [-0.05, 0) is 51.4 Å². The van der Waals surface area contributed by atoms with E-state index < -0.39 is 5.92 Å². The Morgan fingerprint density at radius 2 is 1.38 bits per heavy atom. The van der Waals surface area contributed by atoms with Gasteiger partial charge in [-0.3, -0.25) is 6.29 Å². The second-order valence-corrected chi connectivity index (χ2v) is 12.1. The molecule has 3 atom stereocenters. The molecule has 0 aliphatic heterocycles. The molecule has 2 nitrogen and oxygen atoms in total. The van der Waals surface area contributed by atoms with Crippen LogP contribution in [0.3, 0.4) is 0 Å². The molecule has 0 aromatic rings. The Labute approximate surface area is 323 Å². The zero-order valence-electron chi connectivity index (χ0n) is 32.2. The smallest absolute Gasteiger partial charge is 0.542 e. The first-order chi connectivity index (χ1) is 20.5. The topological polar surface area (TPSA) is 26.3 Å². The van der Waals surface area contributed by atoms with Gasteiger partial charge in [-0.25, -0.2) is 8.78 Å². The van der Waals surface area contributed by atoms with Crippen LogP contribution < -0.4 is 51.4 Å². The molecular weight excluding hydrogens is 590 g/mol. The van der Waals surface area contributed by atoms with Crippen LogP contribution >= 0.6 is 0 Å². The maximum Gasteiger partial charge on any atom is 1.00 e. The molecule has 0 saturated heterocycles. The molecule has 0 aromatic heterocycles. The van der Waals surface area contributed by atoms with Crippen molar-refractivity contribution in [2.45, 2.75) is 146 Å². The van der Waals surface area contributed by atoms with Gasteiger partial charge in [0.25, 0.3) is 0 Å². The second kappa shape index (κ2) is 39.7. The Morgan fingerprint density at radius 3 is 1.58 bits per heavy atom. The van der Waals surface area contributed by atoms with Gasteiger partial charge in [-0.1, -0.05) is 148 Å². The molecule has 0 aliphatic carbocycles. The van der Waals surface area contributed by atoms with Crippen molar-refractivity contribution >= 4 is 6.29 Å². The zero-order chi connectivity index (χ0) is 35.6. The summed E-state index contributed by atoms with van der Waals surface area (Å²) in [6.07, 6.45) is 22.0. The normalized spacial score (nSPS) is 13.6. The molecule has 3 unspecified atom stereocenters. The van der Waals surface area contributed by atoms with E-state index in [2.05, 4.69) is 80.7 Å². The van der Waals surface area contributed by atoms with E-state index in [4.69, 9.17) is 4.74 Å². The van der Waals surface area contributed by atoms with Crippen LogP contribution in [-0.4, -0.2) is 25.4 Å². The summed E-state index contributed by atoms with van der Waals surface area (Å²) in [7, 11) is 1.56. The number of rotatable bonds is 15. The number of hydrogen-bond acceptors (Lipinski definition) is 2. The van der Waals surface area contributed by atoms with Crippen LogP contribution in [0.4, 0.5) is 8.78 Å². The number of methoxy groups -OCH3 is 1. The van der Waals surface area contributed by atoms with Gasteiger partial charge < -0.3 is 16.5 Å². The molecule has 260 valence electrons. The molecular formula is C40H72F2KO2-. The van der Waals surface area contributed by atoms with Crippen molar-refractivity contribution in [2.24, 2.45) is 17.3 Å². The Kier molecular flexibility index (Phi) is 50.2. The predicted octanol–water partition coefficient (Wildman–Crippen LogP) is 10.4. The van der Waals surface area contributed by atoms with E-state index in [1.54, 1.807) is 25.5 Å². The maximum atomic E-state index is 13.0. The monoisotopic (exact) mass is 662 g/mol. The molecule has 0 aromatic carbocycles. The minimum Gasteiger partial charge on any atom is -0.542 e. The van der Waals surface area contributed by atoms with Gasteiger partial charge in [-0.15, -0.1) is 6.42 Å². The number of halogens is 2. The molecule has 0 fully saturated rings. The first-order valence-corrected chi connectivity index (χ1v) is 16.4. The van der Waals surface area contributed by atoms with Gasteiger partial charge in [0.1, 0.15) is 0 Å². The molecule has 0 aliphatic rings. The van der Waals surface area contributed by atoms with Gasteiger partial charge in [0.05, 0.1) is 0 Å². The van der Waals surface area contributed by atoms with Crippen LogP contribution in [0.2, 0.25) is 0 Å². The van der Waals surface area contributed by atoms with Gasteiger partial charge in [-0.2, -0.15) is 6.42 Å². The van der Waals surface area contributed by atoms with Gasteiger partial charge >= 0.3 is 51.4 Å². The average molecular weight is 662 g/mol. The van der Waals surface area contributed by atoms with Crippen LogP contribution in [0.15, 0.2) is 72.9 Å². The van der Waals surface area contributed by atoms with Crippen LogP contribution in [0.5, 0.6) is 0 Å². The molecule has 0 amide bonds. The standard InChI is InChI=1S/C10H20F2.C8H18.2C8H12.C6H10O2.K/c1-4-6-7-10(11,12)8-9(3)5-2;1-6-7(2)8(3,4)5;2*1-4-6-7-8(3)5-2;1-3-6(8-2)4-5-7;/h9H,4-8H2,1-3H3;7H,6H2,1-5H3;2*4-7H,1H2,2-3H3;6H,1,3-4H2,2H3;/q;;;;-2;+1/b;;2*7-6-,8-5-;;. The first-order valence-electron chi connectivity index (χ1n) is 16.4. The largest absolute Gasteiger partial charge is 1.00 e. The second-order valence-electron chi connectivity index (χ2n) is 12.1. The summed E-state index contributed by atoms with van der Waals surface area (Å²) in [5.74, 6) is -1.43. The minimum absolute atomic E-state index is 0. The van der Waals surface area contributed by atoms with Crippen LogP contribution in [-0.2, 0) is 9.53 Å². The van der Waals surface area contributed by atoms with E-state index in [0.29, 0.717) is 24.7 Å². The van der Waals surface area contributed by atoms with Crippen molar-refractivity contribution in [2.75, 3.05) is 7.11 Å². The summed E-state index contributed by atoms with van der Waals surface area (Å²) in [5.41, 5.74) is 3.05. The third-order valence-electron chi connectivity index (χ3n) is 7.20. The summed E-state index contributed by atoms with van der Waals surface area (Å²) in [6, 6.07) is 0. The van der Waals surface area contributed by atoms with Crippen molar-refractivity contribution in [3.8, 4) is 0 Å². The molecule has 0 radical (unpaired) electrons. The van der Waals surface area contributed by atoms with Crippen molar-refractivity contribution in [3.05, 3.63) is 79.8 Å². The minimum atomic E-state index is -2.43. The third kappa shape index (κ3) is 50.6. The number of hydrogen-bond donors (Lipinski definition) is 0. The van der Waals surface area contributed by atoms with E-state index in [1.165, 1.54) is 17.6 Å². The van der Waals surface area contributed by atoms with E-state index in [1.807, 2.05) is 58.9 Å².